The third-order valence-corrected chi connectivity index (χ3v) is 8.53. The molecule has 3 heterocycles. The summed E-state index contributed by atoms with van der Waals surface area (Å²) >= 11 is 4.32. The van der Waals surface area contributed by atoms with E-state index in [4.69, 9.17) is 4.74 Å². The minimum Gasteiger partial charge on any atom is -0.465 e. The number of thiophene rings is 2. The molecule has 0 saturated heterocycles. The molecule has 0 radical (unpaired) electrons. The van der Waals surface area contributed by atoms with Crippen LogP contribution in [0, 0.1) is 13.8 Å². The van der Waals surface area contributed by atoms with Gasteiger partial charge in [-0.3, -0.25) is 4.79 Å². The highest BCUT2D eigenvalue weighted by molar-refractivity contribution is 7.99. The maximum Gasteiger partial charge on any atom is 0.341 e. The van der Waals surface area contributed by atoms with E-state index in [9.17, 15) is 9.59 Å². The zero-order chi connectivity index (χ0) is 25.1. The SMILES string of the molecule is CCc1c(-c2nnc(SCC(=O)Nc3scc(-c4ccc(C)cc4)c3C(=O)OC)n2C)csc1C. The van der Waals surface area contributed by atoms with Crippen LogP contribution in [0.2, 0.25) is 0 Å². The Balaban J connectivity index is 1.49. The van der Waals surface area contributed by atoms with Gasteiger partial charge in [0.15, 0.2) is 11.0 Å². The molecule has 4 aromatic rings. The van der Waals surface area contributed by atoms with Gasteiger partial charge >= 0.3 is 5.97 Å². The number of esters is 1. The Hall–Kier alpha value is -2.95. The van der Waals surface area contributed by atoms with Gasteiger partial charge in [0.1, 0.15) is 10.6 Å². The predicted octanol–water partition coefficient (Wildman–Crippen LogP) is 5.97. The largest absolute Gasteiger partial charge is 0.465 e. The molecule has 10 heteroatoms. The van der Waals surface area contributed by atoms with E-state index in [-0.39, 0.29) is 11.7 Å². The van der Waals surface area contributed by atoms with Crippen LogP contribution in [0.1, 0.15) is 33.3 Å². The van der Waals surface area contributed by atoms with Crippen molar-refractivity contribution in [3.63, 3.8) is 0 Å². The second-order valence-electron chi connectivity index (χ2n) is 7.95. The minimum atomic E-state index is -0.486. The van der Waals surface area contributed by atoms with E-state index in [1.165, 1.54) is 40.6 Å². The van der Waals surface area contributed by atoms with Crippen LogP contribution in [0.5, 0.6) is 0 Å². The van der Waals surface area contributed by atoms with Crippen molar-refractivity contribution in [3.05, 3.63) is 56.6 Å². The molecule has 0 spiro atoms. The maximum absolute atomic E-state index is 12.8. The highest BCUT2D eigenvalue weighted by atomic mass is 32.2. The summed E-state index contributed by atoms with van der Waals surface area (Å²) in [6.45, 7) is 6.25. The van der Waals surface area contributed by atoms with E-state index in [2.05, 4.69) is 34.7 Å². The van der Waals surface area contributed by atoms with Crippen LogP contribution in [-0.4, -0.2) is 39.5 Å². The molecule has 35 heavy (non-hydrogen) atoms. The Labute approximate surface area is 216 Å². The molecular weight excluding hydrogens is 501 g/mol. The standard InChI is InChI=1S/C25H26N4O3S3/c1-6-17-15(3)33-12-19(17)22-27-28-25(29(22)4)35-13-20(30)26-23-21(24(31)32-5)18(11-34-23)16-9-7-14(2)8-10-16/h7-12H,6,13H2,1-5H3,(H,26,30). The van der Waals surface area contributed by atoms with Gasteiger partial charge in [0.05, 0.1) is 12.9 Å². The first-order valence-corrected chi connectivity index (χ1v) is 13.7. The van der Waals surface area contributed by atoms with Crippen molar-refractivity contribution in [2.24, 2.45) is 7.05 Å². The molecule has 1 N–H and O–H groups in total. The van der Waals surface area contributed by atoms with Crippen LogP contribution in [0.4, 0.5) is 5.00 Å². The number of carbonyl (C=O) groups excluding carboxylic acids is 2. The number of amides is 1. The molecule has 0 aliphatic carbocycles. The number of carbonyl (C=O) groups is 2. The van der Waals surface area contributed by atoms with E-state index in [1.807, 2.05) is 48.2 Å². The highest BCUT2D eigenvalue weighted by Gasteiger charge is 2.23. The normalized spacial score (nSPS) is 11.0. The fraction of sp³-hybridized carbons (Fsp3) is 0.280. The number of hydrogen-bond donors (Lipinski definition) is 1. The lowest BCUT2D eigenvalue weighted by Gasteiger charge is -2.08. The van der Waals surface area contributed by atoms with Gasteiger partial charge in [0.2, 0.25) is 5.91 Å². The second kappa shape index (κ2) is 10.8. The number of methoxy groups -OCH3 is 1. The van der Waals surface area contributed by atoms with Gasteiger partial charge in [-0.05, 0) is 31.4 Å². The number of thioether (sulfide) groups is 1. The first-order chi connectivity index (χ1) is 16.8. The molecule has 0 atom stereocenters. The summed E-state index contributed by atoms with van der Waals surface area (Å²) in [4.78, 5) is 26.6. The van der Waals surface area contributed by atoms with Crippen molar-refractivity contribution in [2.75, 3.05) is 18.2 Å². The fourth-order valence-corrected chi connectivity index (χ4v) is 6.40. The molecule has 3 aromatic heterocycles. The summed E-state index contributed by atoms with van der Waals surface area (Å²) in [5, 5.41) is 16.6. The number of hydrogen-bond acceptors (Lipinski definition) is 8. The van der Waals surface area contributed by atoms with Crippen LogP contribution in [0.3, 0.4) is 0 Å². The molecule has 1 aromatic carbocycles. The molecule has 0 aliphatic heterocycles. The smallest absolute Gasteiger partial charge is 0.341 e. The Bertz CT molecular complexity index is 1370. The average Bonchev–Trinajstić information content (AvgIpc) is 3.54. The first kappa shape index (κ1) is 25.2. The van der Waals surface area contributed by atoms with E-state index in [1.54, 1.807) is 11.3 Å². The lowest BCUT2D eigenvalue weighted by atomic mass is 10.0. The van der Waals surface area contributed by atoms with Crippen LogP contribution < -0.4 is 5.32 Å². The molecule has 0 aliphatic rings. The fourth-order valence-electron chi connectivity index (χ4n) is 3.77. The van der Waals surface area contributed by atoms with Gasteiger partial charge in [-0.15, -0.1) is 32.9 Å². The van der Waals surface area contributed by atoms with Crippen LogP contribution in [0.15, 0.2) is 40.2 Å². The number of anilines is 1. The van der Waals surface area contributed by atoms with Gasteiger partial charge in [-0.25, -0.2) is 4.79 Å². The first-order valence-electron chi connectivity index (χ1n) is 11.0. The zero-order valence-electron chi connectivity index (χ0n) is 20.2. The molecule has 0 bridgehead atoms. The topological polar surface area (TPSA) is 86.1 Å². The van der Waals surface area contributed by atoms with Gasteiger partial charge in [-0.1, -0.05) is 48.5 Å². The number of nitrogens with zero attached hydrogens (tertiary/aromatic N) is 3. The predicted molar refractivity (Wildman–Crippen MR) is 144 cm³/mol. The van der Waals surface area contributed by atoms with E-state index < -0.39 is 5.97 Å². The van der Waals surface area contributed by atoms with Crippen LogP contribution in [-0.2, 0) is 23.0 Å². The third kappa shape index (κ3) is 5.19. The lowest BCUT2D eigenvalue weighted by Crippen LogP contribution is -2.16. The monoisotopic (exact) mass is 526 g/mol. The zero-order valence-corrected chi connectivity index (χ0v) is 22.6. The van der Waals surface area contributed by atoms with Crippen LogP contribution >= 0.6 is 34.4 Å². The Kier molecular flexibility index (Phi) is 7.73. The number of benzene rings is 1. The van der Waals surface area contributed by atoms with Crippen molar-refractivity contribution >= 4 is 51.3 Å². The molecule has 0 fully saturated rings. The lowest BCUT2D eigenvalue weighted by molar-refractivity contribution is -0.113. The molecule has 7 nitrogen and oxygen atoms in total. The van der Waals surface area contributed by atoms with Crippen molar-refractivity contribution in [1.29, 1.82) is 0 Å². The maximum atomic E-state index is 12.8. The van der Waals surface area contributed by atoms with E-state index in [0.29, 0.717) is 15.7 Å². The van der Waals surface area contributed by atoms with Gasteiger partial charge < -0.3 is 14.6 Å². The number of nitrogens with one attached hydrogen (secondary N) is 1. The minimum absolute atomic E-state index is 0.133. The van der Waals surface area contributed by atoms with Crippen molar-refractivity contribution < 1.29 is 14.3 Å². The van der Waals surface area contributed by atoms with Crippen molar-refractivity contribution in [1.82, 2.24) is 14.8 Å². The molecule has 0 saturated carbocycles. The number of aromatic nitrogens is 3. The summed E-state index contributed by atoms with van der Waals surface area (Å²) in [6, 6.07) is 7.88. The van der Waals surface area contributed by atoms with E-state index in [0.717, 1.165) is 34.5 Å². The summed E-state index contributed by atoms with van der Waals surface area (Å²) < 4.78 is 6.92. The molecule has 1 amide bonds. The number of rotatable bonds is 8. The number of ether oxygens (including phenoxy) is 1. The Morgan fingerprint density at radius 2 is 1.80 bits per heavy atom. The van der Waals surface area contributed by atoms with Crippen LogP contribution in [0.25, 0.3) is 22.5 Å². The Morgan fingerprint density at radius 1 is 1.09 bits per heavy atom. The molecular formula is C25H26N4O3S3. The van der Waals surface area contributed by atoms with E-state index >= 15 is 0 Å². The van der Waals surface area contributed by atoms with Gasteiger partial charge in [-0.2, -0.15) is 0 Å². The Morgan fingerprint density at radius 3 is 2.49 bits per heavy atom. The summed E-state index contributed by atoms with van der Waals surface area (Å²) in [6.07, 6.45) is 0.927. The summed E-state index contributed by atoms with van der Waals surface area (Å²) in [5.74, 6) is 0.208. The second-order valence-corrected chi connectivity index (χ2v) is 10.9. The molecule has 182 valence electrons. The number of aryl methyl sites for hydroxylation is 2. The quantitative estimate of drug-likeness (QED) is 0.225. The van der Waals surface area contributed by atoms with Gasteiger partial charge in [0, 0.05) is 33.8 Å². The summed E-state index contributed by atoms with van der Waals surface area (Å²) in [5.41, 5.74) is 5.48. The average molecular weight is 527 g/mol. The van der Waals surface area contributed by atoms with Gasteiger partial charge in [0.25, 0.3) is 0 Å². The summed E-state index contributed by atoms with van der Waals surface area (Å²) in [7, 11) is 3.25. The van der Waals surface area contributed by atoms with Crippen molar-refractivity contribution in [3.8, 4) is 22.5 Å². The third-order valence-electron chi connectivity index (χ3n) is 5.66. The highest BCUT2D eigenvalue weighted by Crippen LogP contribution is 2.37. The molecule has 0 unspecified atom stereocenters. The van der Waals surface area contributed by atoms with Crippen molar-refractivity contribution in [2.45, 2.75) is 32.3 Å². The molecule has 4 rings (SSSR count).